The third kappa shape index (κ3) is 1.89. The smallest absolute Gasteiger partial charge is 0.102 e. The molecule has 2 N–H and O–H groups in total. The maximum Gasteiger partial charge on any atom is 0.102 e. The van der Waals surface area contributed by atoms with Crippen LogP contribution in [0, 0.1) is 0 Å². The minimum Gasteiger partial charge on any atom is -0.328 e. The number of halogens is 1. The fraction of sp³-hybridized carbons (Fsp3) is 1.00. The molecule has 0 saturated heterocycles. The van der Waals surface area contributed by atoms with Crippen LogP contribution in [0.2, 0.25) is 0 Å². The van der Waals surface area contributed by atoms with Gasteiger partial charge in [0.1, 0.15) is 6.67 Å². The van der Waals surface area contributed by atoms with Gasteiger partial charge in [-0.3, -0.25) is 0 Å². The van der Waals surface area contributed by atoms with Crippen LogP contribution in [0.1, 0.15) is 0 Å². The van der Waals surface area contributed by atoms with E-state index in [0.717, 1.165) is 0 Å². The molecule has 0 spiro atoms. The molecule has 0 saturated carbocycles. The number of nitrogens with two attached hydrogens (primary N) is 1. The summed E-state index contributed by atoms with van der Waals surface area (Å²) in [6, 6.07) is 0. The summed E-state index contributed by atoms with van der Waals surface area (Å²) in [4.78, 5) is 0. The molecule has 0 aliphatic rings. The predicted octanol–water partition coefficient (Wildman–Crippen LogP) is -0.0854. The Bertz CT molecular complexity index is 8.00. The van der Waals surface area contributed by atoms with E-state index in [2.05, 4.69) is 5.73 Å². The lowest BCUT2D eigenvalue weighted by Crippen LogP contribution is -1.98. The quantitative estimate of drug-likeness (QED) is 0.451. The molecule has 0 aliphatic carbocycles. The minimum absolute atomic E-state index is 0.153. The van der Waals surface area contributed by atoms with Crippen LogP contribution in [0.15, 0.2) is 0 Å². The summed E-state index contributed by atoms with van der Waals surface area (Å²) in [6.07, 6.45) is 0. The highest BCUT2D eigenvalue weighted by atomic mass is 18.2. The Hall–Kier alpha value is -0.110. The van der Waals surface area contributed by atoms with Gasteiger partial charge in [-0.25, -0.2) is 4.39 Å². The fourth-order valence-corrected chi connectivity index (χ4v) is 0. The molecule has 0 aromatic heterocycles. The molecule has 0 fully saturated rings. The van der Waals surface area contributed by atoms with Crippen molar-refractivity contribution in [1.82, 2.24) is 0 Å². The van der Waals surface area contributed by atoms with E-state index < -0.39 is 6.67 Å². The van der Waals surface area contributed by atoms with Crippen molar-refractivity contribution in [3.8, 4) is 0 Å². The number of rotatable bonds is 1. The number of alkyl halides is 1. The molecule has 0 amide bonds. The second kappa shape index (κ2) is 2.89. The largest absolute Gasteiger partial charge is 0.328 e. The third-order valence-electron chi connectivity index (χ3n) is 0.109. The van der Waals surface area contributed by atoms with Crippen molar-refractivity contribution in [1.29, 1.82) is 0 Å². The van der Waals surface area contributed by atoms with Gasteiger partial charge < -0.3 is 5.73 Å². The van der Waals surface area contributed by atoms with Crippen molar-refractivity contribution >= 4 is 0 Å². The average molecular weight is 62.1 g/mol. The van der Waals surface area contributed by atoms with E-state index in [9.17, 15) is 4.39 Å². The average Bonchev–Trinajstić information content (AvgIpc) is 1.37. The molecule has 0 rings (SSSR count). The Labute approximate surface area is 24.6 Å². The van der Waals surface area contributed by atoms with Crippen LogP contribution in [0.25, 0.3) is 0 Å². The normalized spacial score (nSPS) is 7.50. The first-order valence-corrected chi connectivity index (χ1v) is 1.18. The van der Waals surface area contributed by atoms with E-state index in [1.165, 1.54) is 0 Å². The van der Waals surface area contributed by atoms with E-state index in [4.69, 9.17) is 0 Å². The third-order valence-corrected chi connectivity index (χ3v) is 0.109. The summed E-state index contributed by atoms with van der Waals surface area (Å²) in [7, 11) is 0. The Balaban J connectivity index is 1.97. The Kier molecular flexibility index (Phi) is 2.81. The van der Waals surface area contributed by atoms with Gasteiger partial charge in [0.15, 0.2) is 0 Å². The number of hydrogen-bond acceptors (Lipinski definition) is 1. The molecule has 0 aromatic rings. The van der Waals surface area contributed by atoms with Crippen LogP contribution in [-0.4, -0.2) is 13.2 Å². The van der Waals surface area contributed by atoms with Gasteiger partial charge in [0.2, 0.25) is 0 Å². The first-order chi connectivity index (χ1) is 1.91. The van der Waals surface area contributed by atoms with Gasteiger partial charge in [-0.05, 0) is 0 Å². The van der Waals surface area contributed by atoms with E-state index in [1.807, 2.05) is 0 Å². The zero-order valence-corrected chi connectivity index (χ0v) is 2.37. The van der Waals surface area contributed by atoms with Crippen LogP contribution in [0.3, 0.4) is 0 Å². The van der Waals surface area contributed by atoms with Crippen molar-refractivity contribution in [2.45, 2.75) is 0 Å². The van der Waals surface area contributed by atoms with Crippen LogP contribution < -0.4 is 5.73 Å². The van der Waals surface area contributed by atoms with Crippen LogP contribution in [0.5, 0.6) is 0 Å². The lowest BCUT2D eigenvalue weighted by molar-refractivity contribution is 0.504. The molecule has 0 aromatic carbocycles. The predicted molar refractivity (Wildman–Crippen MR) is 15.0 cm³/mol. The maximum absolute atomic E-state index is 10.6. The zero-order chi connectivity index (χ0) is 3.41. The zero-order valence-electron chi connectivity index (χ0n) is 2.37. The van der Waals surface area contributed by atoms with Crippen molar-refractivity contribution in [3.63, 3.8) is 0 Å². The standard InChI is InChI=1S/C2H6FN/c3-1-2-4/h1-2,4H2/i3-1. The molecule has 4 heavy (non-hydrogen) atoms. The molecular weight excluding hydrogens is 56.0 g/mol. The molecular formula is C2H6FN. The highest BCUT2D eigenvalue weighted by molar-refractivity contribution is 4.18. The lowest BCUT2D eigenvalue weighted by atomic mass is 10.8. The molecule has 0 aliphatic heterocycles. The SMILES string of the molecule is NCC[18F]. The Morgan fingerprint density at radius 1 is 1.75 bits per heavy atom. The minimum atomic E-state index is -0.403. The second-order valence-electron chi connectivity index (χ2n) is 0.478. The Morgan fingerprint density at radius 2 is 2.00 bits per heavy atom. The Morgan fingerprint density at radius 3 is 2.00 bits per heavy atom. The molecule has 0 heterocycles. The summed E-state index contributed by atoms with van der Waals surface area (Å²) in [5, 5.41) is 0. The van der Waals surface area contributed by atoms with Gasteiger partial charge in [-0.15, -0.1) is 0 Å². The molecule has 0 radical (unpaired) electrons. The lowest BCUT2D eigenvalue weighted by Gasteiger charge is -1.67. The summed E-state index contributed by atoms with van der Waals surface area (Å²) >= 11 is 0. The van der Waals surface area contributed by atoms with Gasteiger partial charge in [0, 0.05) is 6.54 Å². The summed E-state index contributed by atoms with van der Waals surface area (Å²) in [6.45, 7) is -0.250. The highest BCUT2D eigenvalue weighted by Crippen LogP contribution is 1.50. The van der Waals surface area contributed by atoms with E-state index in [0.29, 0.717) is 0 Å². The van der Waals surface area contributed by atoms with Gasteiger partial charge in [0.05, 0.1) is 0 Å². The van der Waals surface area contributed by atoms with E-state index in [1.54, 1.807) is 0 Å². The molecule has 26 valence electrons. The van der Waals surface area contributed by atoms with Gasteiger partial charge in [-0.1, -0.05) is 0 Å². The maximum atomic E-state index is 10.6. The van der Waals surface area contributed by atoms with Crippen molar-refractivity contribution in [2.24, 2.45) is 5.73 Å². The molecule has 2 heteroatoms. The second-order valence-corrected chi connectivity index (χ2v) is 0.478. The topological polar surface area (TPSA) is 26.0 Å². The van der Waals surface area contributed by atoms with E-state index >= 15 is 0 Å². The molecule has 0 atom stereocenters. The summed E-state index contributed by atoms with van der Waals surface area (Å²) < 4.78 is 10.6. The first-order valence-electron chi connectivity index (χ1n) is 1.18. The monoisotopic (exact) mass is 62.1 g/mol. The van der Waals surface area contributed by atoms with E-state index in [-0.39, 0.29) is 6.54 Å². The van der Waals surface area contributed by atoms with Crippen molar-refractivity contribution in [2.75, 3.05) is 13.2 Å². The van der Waals surface area contributed by atoms with Gasteiger partial charge >= 0.3 is 0 Å². The highest BCUT2D eigenvalue weighted by Gasteiger charge is 1.60. The van der Waals surface area contributed by atoms with Crippen LogP contribution in [-0.2, 0) is 0 Å². The molecule has 1 nitrogen and oxygen atoms in total. The first kappa shape index (κ1) is 3.89. The van der Waals surface area contributed by atoms with Crippen molar-refractivity contribution < 1.29 is 4.39 Å². The summed E-state index contributed by atoms with van der Waals surface area (Å²) in [5.74, 6) is 0. The van der Waals surface area contributed by atoms with Gasteiger partial charge in [0.25, 0.3) is 0 Å². The van der Waals surface area contributed by atoms with Crippen LogP contribution >= 0.6 is 0 Å². The summed E-state index contributed by atoms with van der Waals surface area (Å²) in [5.41, 5.74) is 4.65. The van der Waals surface area contributed by atoms with Crippen LogP contribution in [0.4, 0.5) is 4.39 Å². The van der Waals surface area contributed by atoms with Gasteiger partial charge in [-0.2, -0.15) is 0 Å². The number of hydrogen-bond donors (Lipinski definition) is 1. The molecule has 0 bridgehead atoms. The van der Waals surface area contributed by atoms with Crippen molar-refractivity contribution in [3.05, 3.63) is 0 Å². The molecule has 0 unspecified atom stereocenters. The fourth-order valence-electron chi connectivity index (χ4n) is 0.